The van der Waals surface area contributed by atoms with Crippen molar-refractivity contribution in [1.29, 1.82) is 0 Å². The number of carbonyl (C=O) groups excluding carboxylic acids is 1. The molecule has 0 bridgehead atoms. The highest BCUT2D eigenvalue weighted by Gasteiger charge is 2.04. The highest BCUT2D eigenvalue weighted by molar-refractivity contribution is 7.99. The molecule has 112 valence electrons. The summed E-state index contributed by atoms with van der Waals surface area (Å²) < 4.78 is 13.4. The zero-order valence-electron chi connectivity index (χ0n) is 11.5. The van der Waals surface area contributed by atoms with Crippen molar-refractivity contribution in [3.8, 4) is 0 Å². The van der Waals surface area contributed by atoms with Gasteiger partial charge in [0.25, 0.3) is 0 Å². The van der Waals surface area contributed by atoms with E-state index in [0.29, 0.717) is 23.6 Å². The van der Waals surface area contributed by atoms with Gasteiger partial charge >= 0.3 is 0 Å². The number of aryl methyl sites for hydroxylation is 1. The third-order valence-electron chi connectivity index (χ3n) is 2.80. The van der Waals surface area contributed by atoms with Crippen LogP contribution in [-0.4, -0.2) is 33.4 Å². The van der Waals surface area contributed by atoms with Crippen molar-refractivity contribution >= 4 is 17.7 Å². The number of thioether (sulfide) groups is 1. The SMILES string of the molecule is O=C(CCSc1ccccc1F)NCCCc1ncn[nH]1. The quantitative estimate of drug-likeness (QED) is 0.579. The van der Waals surface area contributed by atoms with Gasteiger partial charge in [0.05, 0.1) is 0 Å². The number of hydrogen-bond donors (Lipinski definition) is 2. The minimum absolute atomic E-state index is 0.0172. The van der Waals surface area contributed by atoms with E-state index in [-0.39, 0.29) is 11.7 Å². The molecule has 0 atom stereocenters. The first-order valence-corrected chi connectivity index (χ1v) is 7.72. The topological polar surface area (TPSA) is 70.7 Å². The number of hydrogen-bond acceptors (Lipinski definition) is 4. The number of aromatic amines is 1. The number of amides is 1. The zero-order chi connectivity index (χ0) is 14.9. The van der Waals surface area contributed by atoms with Gasteiger partial charge in [0.1, 0.15) is 18.0 Å². The van der Waals surface area contributed by atoms with Crippen LogP contribution in [0.4, 0.5) is 4.39 Å². The van der Waals surface area contributed by atoms with Crippen molar-refractivity contribution in [3.63, 3.8) is 0 Å². The average molecular weight is 308 g/mol. The Kier molecular flexibility index (Phi) is 6.21. The van der Waals surface area contributed by atoms with Crippen molar-refractivity contribution in [1.82, 2.24) is 20.5 Å². The van der Waals surface area contributed by atoms with Gasteiger partial charge in [-0.3, -0.25) is 9.89 Å². The largest absolute Gasteiger partial charge is 0.356 e. The second-order valence-electron chi connectivity index (χ2n) is 4.41. The predicted molar refractivity (Wildman–Crippen MR) is 79.5 cm³/mol. The van der Waals surface area contributed by atoms with E-state index < -0.39 is 0 Å². The highest BCUT2D eigenvalue weighted by atomic mass is 32.2. The minimum atomic E-state index is -0.241. The van der Waals surface area contributed by atoms with Crippen LogP contribution in [0.1, 0.15) is 18.7 Å². The summed E-state index contributed by atoms with van der Waals surface area (Å²) in [7, 11) is 0. The minimum Gasteiger partial charge on any atom is -0.356 e. The number of nitrogens with one attached hydrogen (secondary N) is 2. The molecule has 0 aliphatic rings. The normalized spacial score (nSPS) is 10.5. The van der Waals surface area contributed by atoms with Crippen LogP contribution in [0.5, 0.6) is 0 Å². The Bertz CT molecular complexity index is 562. The Morgan fingerprint density at radius 1 is 1.38 bits per heavy atom. The van der Waals surface area contributed by atoms with Crippen LogP contribution in [0, 0.1) is 5.82 Å². The van der Waals surface area contributed by atoms with E-state index in [4.69, 9.17) is 0 Å². The van der Waals surface area contributed by atoms with Gasteiger partial charge < -0.3 is 5.32 Å². The molecule has 5 nitrogen and oxygen atoms in total. The Balaban J connectivity index is 1.56. The summed E-state index contributed by atoms with van der Waals surface area (Å²) in [5.74, 6) is 1.13. The third kappa shape index (κ3) is 5.55. The van der Waals surface area contributed by atoms with E-state index in [1.54, 1.807) is 18.2 Å². The smallest absolute Gasteiger partial charge is 0.220 e. The number of nitrogens with zero attached hydrogens (tertiary/aromatic N) is 2. The fraction of sp³-hybridized carbons (Fsp3) is 0.357. The molecule has 21 heavy (non-hydrogen) atoms. The van der Waals surface area contributed by atoms with E-state index in [1.165, 1.54) is 24.2 Å². The Hall–Kier alpha value is -1.89. The van der Waals surface area contributed by atoms with Gasteiger partial charge in [-0.1, -0.05) is 12.1 Å². The molecule has 2 rings (SSSR count). The van der Waals surface area contributed by atoms with Crippen LogP contribution < -0.4 is 5.32 Å². The molecule has 2 aromatic rings. The summed E-state index contributed by atoms with van der Waals surface area (Å²) in [6.45, 7) is 0.601. The van der Waals surface area contributed by atoms with E-state index in [1.807, 2.05) is 0 Å². The second-order valence-corrected chi connectivity index (χ2v) is 5.55. The lowest BCUT2D eigenvalue weighted by Gasteiger charge is -2.05. The lowest BCUT2D eigenvalue weighted by Crippen LogP contribution is -2.25. The molecule has 0 spiro atoms. The standard InChI is InChI=1S/C14H17FN4OS/c15-11-4-1-2-5-12(11)21-9-7-14(20)16-8-3-6-13-17-10-18-19-13/h1-2,4-5,10H,3,6-9H2,(H,16,20)(H,17,18,19). The molecule has 1 aromatic heterocycles. The number of carbonyl (C=O) groups is 1. The summed E-state index contributed by atoms with van der Waals surface area (Å²) in [5, 5.41) is 9.36. The van der Waals surface area contributed by atoms with Crippen LogP contribution in [0.15, 0.2) is 35.5 Å². The van der Waals surface area contributed by atoms with Crippen molar-refractivity contribution < 1.29 is 9.18 Å². The van der Waals surface area contributed by atoms with Gasteiger partial charge in [0.15, 0.2) is 0 Å². The maximum Gasteiger partial charge on any atom is 0.220 e. The molecule has 0 saturated carbocycles. The first-order valence-electron chi connectivity index (χ1n) is 6.74. The molecule has 0 aliphatic carbocycles. The number of aromatic nitrogens is 3. The van der Waals surface area contributed by atoms with Crippen molar-refractivity contribution in [2.75, 3.05) is 12.3 Å². The molecule has 1 heterocycles. The fourth-order valence-electron chi connectivity index (χ4n) is 1.74. The summed E-state index contributed by atoms with van der Waals surface area (Å²) >= 11 is 1.35. The fourth-order valence-corrected chi connectivity index (χ4v) is 2.63. The van der Waals surface area contributed by atoms with Crippen molar-refractivity contribution in [3.05, 3.63) is 42.2 Å². The molecule has 0 radical (unpaired) electrons. The number of H-pyrrole nitrogens is 1. The first kappa shape index (κ1) is 15.5. The number of halogens is 1. The maximum atomic E-state index is 13.4. The zero-order valence-corrected chi connectivity index (χ0v) is 12.3. The van der Waals surface area contributed by atoms with E-state index in [9.17, 15) is 9.18 Å². The van der Waals surface area contributed by atoms with Crippen LogP contribution in [0.2, 0.25) is 0 Å². The molecule has 0 fully saturated rings. The predicted octanol–water partition coefficient (Wildman–Crippen LogP) is 2.18. The lowest BCUT2D eigenvalue weighted by molar-refractivity contribution is -0.120. The Labute approximate surface area is 126 Å². The monoisotopic (exact) mass is 308 g/mol. The van der Waals surface area contributed by atoms with Gasteiger partial charge in [0.2, 0.25) is 5.91 Å². The second kappa shape index (κ2) is 8.41. The molecule has 1 aromatic carbocycles. The van der Waals surface area contributed by atoms with E-state index in [0.717, 1.165) is 18.7 Å². The van der Waals surface area contributed by atoms with E-state index in [2.05, 4.69) is 20.5 Å². The Morgan fingerprint density at radius 2 is 2.24 bits per heavy atom. The Morgan fingerprint density at radius 3 is 3.00 bits per heavy atom. The summed E-state index contributed by atoms with van der Waals surface area (Å²) in [6.07, 6.45) is 3.40. The van der Waals surface area contributed by atoms with Gasteiger partial charge in [0, 0.05) is 30.0 Å². The lowest BCUT2D eigenvalue weighted by atomic mass is 10.3. The van der Waals surface area contributed by atoms with Crippen LogP contribution in [0.25, 0.3) is 0 Å². The van der Waals surface area contributed by atoms with Crippen molar-refractivity contribution in [2.24, 2.45) is 0 Å². The van der Waals surface area contributed by atoms with Crippen LogP contribution >= 0.6 is 11.8 Å². The molecule has 1 amide bonds. The van der Waals surface area contributed by atoms with Crippen molar-refractivity contribution in [2.45, 2.75) is 24.2 Å². The summed E-state index contributed by atoms with van der Waals surface area (Å²) in [5.41, 5.74) is 0. The molecule has 0 aliphatic heterocycles. The summed E-state index contributed by atoms with van der Waals surface area (Å²) in [4.78, 5) is 16.2. The molecular weight excluding hydrogens is 291 g/mol. The molecular formula is C14H17FN4OS. The molecule has 2 N–H and O–H groups in total. The average Bonchev–Trinajstić information content (AvgIpc) is 2.99. The molecule has 0 saturated heterocycles. The van der Waals surface area contributed by atoms with Gasteiger partial charge in [-0.2, -0.15) is 5.10 Å². The third-order valence-corrected chi connectivity index (χ3v) is 3.85. The summed E-state index contributed by atoms with van der Waals surface area (Å²) in [6, 6.07) is 6.58. The van der Waals surface area contributed by atoms with Crippen LogP contribution in [0.3, 0.4) is 0 Å². The first-order chi connectivity index (χ1) is 10.3. The highest BCUT2D eigenvalue weighted by Crippen LogP contribution is 2.21. The van der Waals surface area contributed by atoms with Gasteiger partial charge in [-0.05, 0) is 18.6 Å². The number of rotatable bonds is 8. The molecule has 7 heteroatoms. The molecule has 0 unspecified atom stereocenters. The van der Waals surface area contributed by atoms with Gasteiger partial charge in [-0.15, -0.1) is 11.8 Å². The maximum absolute atomic E-state index is 13.4. The van der Waals surface area contributed by atoms with Crippen LogP contribution in [-0.2, 0) is 11.2 Å². The van der Waals surface area contributed by atoms with E-state index >= 15 is 0 Å². The number of benzene rings is 1. The van der Waals surface area contributed by atoms with Gasteiger partial charge in [-0.25, -0.2) is 9.37 Å².